The van der Waals surface area contributed by atoms with Gasteiger partial charge in [-0.25, -0.2) is 13.1 Å². The smallest absolute Gasteiger partial charge is 0.250 e. The molecule has 0 saturated heterocycles. The van der Waals surface area contributed by atoms with Crippen molar-refractivity contribution in [2.24, 2.45) is 0 Å². The Bertz CT molecular complexity index is 710. The van der Waals surface area contributed by atoms with Crippen molar-refractivity contribution in [3.05, 3.63) is 50.8 Å². The van der Waals surface area contributed by atoms with Crippen LogP contribution in [0.5, 0.6) is 0 Å². The van der Waals surface area contributed by atoms with E-state index in [1.54, 1.807) is 13.0 Å². The molecule has 20 heavy (non-hydrogen) atoms. The number of sulfonamides is 1. The standard InChI is InChI=1S/C13H14BrNO3S2/c1-9-6-13(19-12(9)8-16)20(17,18)15-7-10-4-2-3-5-11(10)14/h2-6,15-16H,7-8H2,1H3. The largest absolute Gasteiger partial charge is 0.391 e. The Hall–Kier alpha value is -0.730. The minimum atomic E-state index is -3.55. The van der Waals surface area contributed by atoms with E-state index in [2.05, 4.69) is 20.7 Å². The number of aliphatic hydroxyl groups is 1. The molecule has 0 bridgehead atoms. The number of halogens is 1. The zero-order valence-electron chi connectivity index (χ0n) is 10.8. The van der Waals surface area contributed by atoms with E-state index in [1.807, 2.05) is 24.3 Å². The highest BCUT2D eigenvalue weighted by Crippen LogP contribution is 2.26. The van der Waals surface area contributed by atoms with Crippen molar-refractivity contribution in [1.29, 1.82) is 0 Å². The highest BCUT2D eigenvalue weighted by Gasteiger charge is 2.18. The maximum Gasteiger partial charge on any atom is 0.250 e. The summed E-state index contributed by atoms with van der Waals surface area (Å²) in [6, 6.07) is 9.03. The Kier molecular flexibility index (Phi) is 4.98. The van der Waals surface area contributed by atoms with E-state index in [0.717, 1.165) is 26.9 Å². The Morgan fingerprint density at radius 1 is 1.35 bits per heavy atom. The third kappa shape index (κ3) is 3.48. The number of rotatable bonds is 5. The number of hydrogen-bond acceptors (Lipinski definition) is 4. The van der Waals surface area contributed by atoms with Gasteiger partial charge in [0.05, 0.1) is 6.61 Å². The molecule has 2 N–H and O–H groups in total. The molecule has 2 rings (SSSR count). The van der Waals surface area contributed by atoms with Gasteiger partial charge in [-0.2, -0.15) is 0 Å². The highest BCUT2D eigenvalue weighted by atomic mass is 79.9. The first kappa shape index (κ1) is 15.7. The molecule has 7 heteroatoms. The summed E-state index contributed by atoms with van der Waals surface area (Å²) in [5, 5.41) is 9.13. The van der Waals surface area contributed by atoms with Crippen LogP contribution in [0.3, 0.4) is 0 Å². The van der Waals surface area contributed by atoms with Gasteiger partial charge in [-0.1, -0.05) is 34.1 Å². The van der Waals surface area contributed by atoms with Crippen molar-refractivity contribution in [2.45, 2.75) is 24.3 Å². The van der Waals surface area contributed by atoms with Crippen LogP contribution in [0.25, 0.3) is 0 Å². The topological polar surface area (TPSA) is 66.4 Å². The van der Waals surface area contributed by atoms with Gasteiger partial charge in [0.15, 0.2) is 0 Å². The number of nitrogens with one attached hydrogen (secondary N) is 1. The summed E-state index contributed by atoms with van der Waals surface area (Å²) in [5.74, 6) is 0. The number of benzene rings is 1. The molecule has 4 nitrogen and oxygen atoms in total. The molecule has 0 radical (unpaired) electrons. The van der Waals surface area contributed by atoms with E-state index in [4.69, 9.17) is 5.11 Å². The molecule has 0 atom stereocenters. The summed E-state index contributed by atoms with van der Waals surface area (Å²) in [7, 11) is -3.55. The van der Waals surface area contributed by atoms with Crippen LogP contribution in [0.4, 0.5) is 0 Å². The Morgan fingerprint density at radius 2 is 2.05 bits per heavy atom. The highest BCUT2D eigenvalue weighted by molar-refractivity contribution is 9.10. The zero-order valence-corrected chi connectivity index (χ0v) is 14.0. The second-order valence-corrected chi connectivity index (χ2v) is 8.23. The number of hydrogen-bond donors (Lipinski definition) is 2. The van der Waals surface area contributed by atoms with Crippen molar-refractivity contribution in [3.63, 3.8) is 0 Å². The fourth-order valence-corrected chi connectivity index (χ4v) is 4.59. The second kappa shape index (κ2) is 6.36. The molecular formula is C13H14BrNO3S2. The fraction of sp³-hybridized carbons (Fsp3) is 0.231. The maximum absolute atomic E-state index is 12.2. The van der Waals surface area contributed by atoms with Crippen LogP contribution in [0, 0.1) is 6.92 Å². The van der Waals surface area contributed by atoms with Crippen molar-refractivity contribution < 1.29 is 13.5 Å². The van der Waals surface area contributed by atoms with Crippen molar-refractivity contribution in [2.75, 3.05) is 0 Å². The summed E-state index contributed by atoms with van der Waals surface area (Å²) in [4.78, 5) is 0.672. The second-order valence-electron chi connectivity index (χ2n) is 4.25. The number of aryl methyl sites for hydroxylation is 1. The van der Waals surface area contributed by atoms with E-state index < -0.39 is 10.0 Å². The fourth-order valence-electron chi connectivity index (χ4n) is 1.66. The van der Waals surface area contributed by atoms with E-state index in [-0.39, 0.29) is 17.4 Å². The molecule has 1 heterocycles. The molecule has 1 aromatic carbocycles. The van der Waals surface area contributed by atoms with Crippen LogP contribution in [0.15, 0.2) is 39.0 Å². The predicted octanol–water partition coefficient (Wildman–Crippen LogP) is 2.79. The first-order valence-corrected chi connectivity index (χ1v) is 8.96. The number of aliphatic hydroxyl groups excluding tert-OH is 1. The molecule has 1 aromatic heterocycles. The van der Waals surface area contributed by atoms with Gasteiger partial charge in [-0.3, -0.25) is 0 Å². The molecule has 0 aliphatic heterocycles. The average Bonchev–Trinajstić information content (AvgIpc) is 2.80. The zero-order chi connectivity index (χ0) is 14.8. The minimum absolute atomic E-state index is 0.143. The van der Waals surface area contributed by atoms with Crippen molar-refractivity contribution >= 4 is 37.3 Å². The van der Waals surface area contributed by atoms with Crippen LogP contribution < -0.4 is 4.72 Å². The van der Waals surface area contributed by atoms with Crippen LogP contribution in [0.1, 0.15) is 16.0 Å². The first-order valence-electron chi connectivity index (χ1n) is 5.87. The van der Waals surface area contributed by atoms with Gasteiger partial charge in [0.25, 0.3) is 0 Å². The van der Waals surface area contributed by atoms with E-state index in [9.17, 15) is 8.42 Å². The van der Waals surface area contributed by atoms with Crippen LogP contribution in [0.2, 0.25) is 0 Å². The third-order valence-corrected chi connectivity index (χ3v) is 6.69. The molecule has 0 unspecified atom stereocenters. The third-order valence-electron chi connectivity index (χ3n) is 2.82. The van der Waals surface area contributed by atoms with Crippen LogP contribution in [-0.2, 0) is 23.2 Å². The molecule has 2 aromatic rings. The van der Waals surface area contributed by atoms with Gasteiger partial charge in [0, 0.05) is 15.9 Å². The number of thiophene rings is 1. The van der Waals surface area contributed by atoms with Crippen molar-refractivity contribution in [3.8, 4) is 0 Å². The molecule has 0 amide bonds. The molecule has 0 aliphatic rings. The van der Waals surface area contributed by atoms with Gasteiger partial charge in [-0.05, 0) is 30.2 Å². The van der Waals surface area contributed by atoms with Crippen molar-refractivity contribution in [1.82, 2.24) is 4.72 Å². The summed E-state index contributed by atoms with van der Waals surface area (Å²) in [5.41, 5.74) is 1.66. The van der Waals surface area contributed by atoms with Gasteiger partial charge in [0.2, 0.25) is 10.0 Å². The lowest BCUT2D eigenvalue weighted by Crippen LogP contribution is -2.22. The molecule has 0 saturated carbocycles. The lowest BCUT2D eigenvalue weighted by molar-refractivity contribution is 0.285. The molecule has 0 spiro atoms. The summed E-state index contributed by atoms with van der Waals surface area (Å²) in [6.45, 7) is 1.86. The minimum Gasteiger partial charge on any atom is -0.391 e. The van der Waals surface area contributed by atoms with Gasteiger partial charge < -0.3 is 5.11 Å². The molecule has 0 fully saturated rings. The van der Waals surface area contributed by atoms with Crippen LogP contribution in [-0.4, -0.2) is 13.5 Å². The van der Waals surface area contributed by atoms with E-state index >= 15 is 0 Å². The quantitative estimate of drug-likeness (QED) is 0.844. The predicted molar refractivity (Wildman–Crippen MR) is 83.1 cm³/mol. The normalized spacial score (nSPS) is 11.8. The summed E-state index contributed by atoms with van der Waals surface area (Å²) >= 11 is 4.48. The Labute approximate surface area is 130 Å². The van der Waals surface area contributed by atoms with E-state index in [0.29, 0.717) is 4.88 Å². The molecular weight excluding hydrogens is 362 g/mol. The molecule has 0 aliphatic carbocycles. The van der Waals surface area contributed by atoms with Gasteiger partial charge in [0.1, 0.15) is 4.21 Å². The summed E-state index contributed by atoms with van der Waals surface area (Å²) in [6.07, 6.45) is 0. The maximum atomic E-state index is 12.2. The molecule has 108 valence electrons. The Morgan fingerprint density at radius 3 is 2.65 bits per heavy atom. The van der Waals surface area contributed by atoms with E-state index in [1.165, 1.54) is 0 Å². The van der Waals surface area contributed by atoms with Crippen LogP contribution >= 0.6 is 27.3 Å². The monoisotopic (exact) mass is 375 g/mol. The van der Waals surface area contributed by atoms with Gasteiger partial charge >= 0.3 is 0 Å². The Balaban J connectivity index is 2.17. The summed E-state index contributed by atoms with van der Waals surface area (Å²) < 4.78 is 28.1. The van der Waals surface area contributed by atoms with Gasteiger partial charge in [-0.15, -0.1) is 11.3 Å². The lowest BCUT2D eigenvalue weighted by Gasteiger charge is -2.06. The average molecular weight is 376 g/mol. The first-order chi connectivity index (χ1) is 9.44. The SMILES string of the molecule is Cc1cc(S(=O)(=O)NCc2ccccc2Br)sc1CO. The lowest BCUT2D eigenvalue weighted by atomic mass is 10.2.